The Morgan fingerprint density at radius 3 is 2.57 bits per heavy atom. The van der Waals surface area contributed by atoms with E-state index >= 15 is 0 Å². The Morgan fingerprint density at radius 1 is 1.24 bits per heavy atom. The maximum atomic E-state index is 12.5. The summed E-state index contributed by atoms with van der Waals surface area (Å²) in [4.78, 5) is 6.46. The molecule has 6 nitrogen and oxygen atoms in total. The van der Waals surface area contributed by atoms with Crippen LogP contribution in [0.4, 0.5) is 5.82 Å². The molecule has 0 unspecified atom stereocenters. The van der Waals surface area contributed by atoms with Crippen molar-refractivity contribution in [1.82, 2.24) is 14.2 Å². The molecule has 0 saturated carbocycles. The standard InChI is InChI=1S/C14H26N4O2S/c1-5-8-15-14-12-13(7-9-16-14)21(19,20)18(4)11-6-10-17(2)3/h7,9,12H,5-6,8,10-11H2,1-4H3,(H,15,16). The van der Waals surface area contributed by atoms with Gasteiger partial charge in [0, 0.05) is 32.4 Å². The number of nitrogens with one attached hydrogen (secondary N) is 1. The molecule has 0 amide bonds. The van der Waals surface area contributed by atoms with Gasteiger partial charge in [-0.2, -0.15) is 0 Å². The summed E-state index contributed by atoms with van der Waals surface area (Å²) in [5.41, 5.74) is 0. The second kappa shape index (κ2) is 8.31. The maximum absolute atomic E-state index is 12.5. The Hall–Kier alpha value is -1.18. The Morgan fingerprint density at radius 2 is 1.95 bits per heavy atom. The van der Waals surface area contributed by atoms with E-state index in [1.165, 1.54) is 16.6 Å². The van der Waals surface area contributed by atoms with Crippen LogP contribution in [0, 0.1) is 0 Å². The van der Waals surface area contributed by atoms with Crippen LogP contribution >= 0.6 is 0 Å². The molecule has 1 aromatic heterocycles. The Bertz CT molecular complexity index is 532. The molecule has 0 spiro atoms. The molecule has 0 aliphatic carbocycles. The fourth-order valence-electron chi connectivity index (χ4n) is 1.83. The first kappa shape index (κ1) is 17.9. The van der Waals surface area contributed by atoms with Crippen molar-refractivity contribution in [3.8, 4) is 0 Å². The van der Waals surface area contributed by atoms with Gasteiger partial charge in [-0.3, -0.25) is 0 Å². The molecule has 1 N–H and O–H groups in total. The first-order chi connectivity index (χ1) is 9.87. The van der Waals surface area contributed by atoms with E-state index in [0.29, 0.717) is 12.4 Å². The molecular weight excluding hydrogens is 288 g/mol. The predicted octanol–water partition coefficient (Wildman–Crippen LogP) is 1.48. The predicted molar refractivity (Wildman–Crippen MR) is 86.0 cm³/mol. The zero-order valence-electron chi connectivity index (χ0n) is 13.3. The summed E-state index contributed by atoms with van der Waals surface area (Å²) < 4.78 is 26.4. The Labute approximate surface area is 128 Å². The summed E-state index contributed by atoms with van der Waals surface area (Å²) in [6.45, 7) is 4.18. The number of hydrogen-bond donors (Lipinski definition) is 1. The highest BCUT2D eigenvalue weighted by Gasteiger charge is 2.20. The molecular formula is C14H26N4O2S. The van der Waals surface area contributed by atoms with Crippen molar-refractivity contribution in [2.45, 2.75) is 24.7 Å². The third kappa shape index (κ3) is 5.61. The summed E-state index contributed by atoms with van der Waals surface area (Å²) in [6.07, 6.45) is 3.29. The van der Waals surface area contributed by atoms with Crippen LogP contribution in [0.2, 0.25) is 0 Å². The highest BCUT2D eigenvalue weighted by atomic mass is 32.2. The van der Waals surface area contributed by atoms with Gasteiger partial charge in [-0.15, -0.1) is 0 Å². The SMILES string of the molecule is CCCNc1cc(S(=O)(=O)N(C)CCCN(C)C)ccn1. The molecule has 7 heteroatoms. The van der Waals surface area contributed by atoms with Crippen molar-refractivity contribution in [3.63, 3.8) is 0 Å². The van der Waals surface area contributed by atoms with Crippen LogP contribution in [0.5, 0.6) is 0 Å². The van der Waals surface area contributed by atoms with E-state index in [-0.39, 0.29) is 4.90 Å². The van der Waals surface area contributed by atoms with Gasteiger partial charge < -0.3 is 10.2 Å². The van der Waals surface area contributed by atoms with E-state index in [1.807, 2.05) is 25.9 Å². The molecule has 0 atom stereocenters. The third-order valence-corrected chi connectivity index (χ3v) is 4.93. The van der Waals surface area contributed by atoms with Gasteiger partial charge in [-0.25, -0.2) is 17.7 Å². The molecule has 1 rings (SSSR count). The lowest BCUT2D eigenvalue weighted by Crippen LogP contribution is -2.30. The van der Waals surface area contributed by atoms with Crippen LogP contribution in [-0.2, 0) is 10.0 Å². The van der Waals surface area contributed by atoms with Crippen LogP contribution in [0.25, 0.3) is 0 Å². The summed E-state index contributed by atoms with van der Waals surface area (Å²) in [6, 6.07) is 3.13. The Balaban J connectivity index is 2.76. The number of nitrogens with zero attached hydrogens (tertiary/aromatic N) is 3. The van der Waals surface area contributed by atoms with Crippen molar-refractivity contribution in [3.05, 3.63) is 18.3 Å². The van der Waals surface area contributed by atoms with Crippen LogP contribution in [0.1, 0.15) is 19.8 Å². The monoisotopic (exact) mass is 314 g/mol. The minimum Gasteiger partial charge on any atom is -0.370 e. The van der Waals surface area contributed by atoms with Gasteiger partial charge in [-0.05, 0) is 39.5 Å². The molecule has 0 radical (unpaired) electrons. The number of aromatic nitrogens is 1. The number of hydrogen-bond acceptors (Lipinski definition) is 5. The number of pyridine rings is 1. The number of anilines is 1. The molecule has 1 aromatic rings. The van der Waals surface area contributed by atoms with Crippen LogP contribution in [0.15, 0.2) is 23.2 Å². The van der Waals surface area contributed by atoms with E-state index in [2.05, 4.69) is 10.3 Å². The van der Waals surface area contributed by atoms with E-state index in [1.54, 1.807) is 13.1 Å². The fourth-order valence-corrected chi connectivity index (χ4v) is 3.05. The second-order valence-corrected chi connectivity index (χ2v) is 7.33. The van der Waals surface area contributed by atoms with Crippen molar-refractivity contribution < 1.29 is 8.42 Å². The quantitative estimate of drug-likeness (QED) is 0.748. The smallest absolute Gasteiger partial charge is 0.243 e. The minimum atomic E-state index is -3.45. The van der Waals surface area contributed by atoms with Gasteiger partial charge in [0.2, 0.25) is 10.0 Å². The zero-order chi connectivity index (χ0) is 15.9. The van der Waals surface area contributed by atoms with Crippen molar-refractivity contribution in [2.24, 2.45) is 0 Å². The van der Waals surface area contributed by atoms with Gasteiger partial charge in [0.05, 0.1) is 4.90 Å². The van der Waals surface area contributed by atoms with Crippen molar-refractivity contribution >= 4 is 15.8 Å². The second-order valence-electron chi connectivity index (χ2n) is 5.29. The number of rotatable bonds is 9. The van der Waals surface area contributed by atoms with Crippen molar-refractivity contribution in [1.29, 1.82) is 0 Å². The zero-order valence-corrected chi connectivity index (χ0v) is 14.2. The molecule has 0 aromatic carbocycles. The van der Waals surface area contributed by atoms with E-state index < -0.39 is 10.0 Å². The first-order valence-corrected chi connectivity index (χ1v) is 8.63. The summed E-state index contributed by atoms with van der Waals surface area (Å²) >= 11 is 0. The maximum Gasteiger partial charge on any atom is 0.243 e. The lowest BCUT2D eigenvalue weighted by atomic mass is 10.4. The average molecular weight is 314 g/mol. The van der Waals surface area contributed by atoms with E-state index in [4.69, 9.17) is 0 Å². The molecule has 0 aliphatic heterocycles. The Kier molecular flexibility index (Phi) is 7.07. The van der Waals surface area contributed by atoms with Crippen LogP contribution in [-0.4, -0.2) is 63.4 Å². The van der Waals surface area contributed by atoms with E-state index in [9.17, 15) is 8.42 Å². The van der Waals surface area contributed by atoms with Crippen LogP contribution in [0.3, 0.4) is 0 Å². The number of sulfonamides is 1. The minimum absolute atomic E-state index is 0.281. The normalized spacial score (nSPS) is 12.1. The molecule has 120 valence electrons. The topological polar surface area (TPSA) is 65.5 Å². The van der Waals surface area contributed by atoms with Gasteiger partial charge >= 0.3 is 0 Å². The molecule has 0 bridgehead atoms. The summed E-state index contributed by atoms with van der Waals surface area (Å²) in [5.74, 6) is 0.597. The molecule has 0 saturated heterocycles. The molecule has 0 fully saturated rings. The lowest BCUT2D eigenvalue weighted by molar-refractivity contribution is 0.370. The van der Waals surface area contributed by atoms with Gasteiger partial charge in [-0.1, -0.05) is 6.92 Å². The summed E-state index contributed by atoms with van der Waals surface area (Å²) in [5, 5.41) is 3.10. The fraction of sp³-hybridized carbons (Fsp3) is 0.643. The largest absolute Gasteiger partial charge is 0.370 e. The van der Waals surface area contributed by atoms with Gasteiger partial charge in [0.15, 0.2) is 0 Å². The highest BCUT2D eigenvalue weighted by Crippen LogP contribution is 2.17. The third-order valence-electron chi connectivity index (χ3n) is 3.07. The molecule has 0 aliphatic rings. The van der Waals surface area contributed by atoms with Crippen molar-refractivity contribution in [2.75, 3.05) is 46.1 Å². The van der Waals surface area contributed by atoms with E-state index in [0.717, 1.165) is 25.9 Å². The summed E-state index contributed by atoms with van der Waals surface area (Å²) in [7, 11) is 2.12. The van der Waals surface area contributed by atoms with Crippen LogP contribution < -0.4 is 5.32 Å². The lowest BCUT2D eigenvalue weighted by Gasteiger charge is -2.18. The molecule has 21 heavy (non-hydrogen) atoms. The van der Waals surface area contributed by atoms with Gasteiger partial charge in [0.1, 0.15) is 5.82 Å². The average Bonchev–Trinajstić information content (AvgIpc) is 2.44. The highest BCUT2D eigenvalue weighted by molar-refractivity contribution is 7.89. The van der Waals surface area contributed by atoms with Gasteiger partial charge in [0.25, 0.3) is 0 Å². The molecule has 1 heterocycles. The first-order valence-electron chi connectivity index (χ1n) is 7.19.